The van der Waals surface area contributed by atoms with Crippen LogP contribution in [0.25, 0.3) is 0 Å². The van der Waals surface area contributed by atoms with E-state index >= 15 is 0 Å². The molecule has 2 rings (SSSR count). The second-order valence-electron chi connectivity index (χ2n) is 6.21. The highest BCUT2D eigenvalue weighted by Crippen LogP contribution is 2.36. The minimum absolute atomic E-state index is 0.262. The topological polar surface area (TPSA) is 15.3 Å². The van der Waals surface area contributed by atoms with Gasteiger partial charge in [-0.3, -0.25) is 0 Å². The summed E-state index contributed by atoms with van der Waals surface area (Å²) < 4.78 is 0. The molecule has 0 saturated carbocycles. The molecule has 1 saturated heterocycles. The van der Waals surface area contributed by atoms with Gasteiger partial charge in [0.25, 0.3) is 0 Å². The zero-order chi connectivity index (χ0) is 13.2. The van der Waals surface area contributed by atoms with E-state index in [-0.39, 0.29) is 5.41 Å². The number of benzene rings is 1. The number of nitrogens with zero attached hydrogens (tertiary/aromatic N) is 1. The lowest BCUT2D eigenvalue weighted by molar-refractivity contribution is 0.252. The maximum Gasteiger partial charge on any atom is 0.0361 e. The van der Waals surface area contributed by atoms with Gasteiger partial charge >= 0.3 is 0 Å². The van der Waals surface area contributed by atoms with Crippen LogP contribution in [0.4, 0.5) is 5.69 Å². The molecule has 0 radical (unpaired) electrons. The number of piperidine rings is 1. The molecule has 1 unspecified atom stereocenters. The summed E-state index contributed by atoms with van der Waals surface area (Å²) in [6.07, 6.45) is 2.65. The van der Waals surface area contributed by atoms with Gasteiger partial charge in [-0.05, 0) is 55.0 Å². The second kappa shape index (κ2) is 5.31. The molecule has 0 amide bonds. The van der Waals surface area contributed by atoms with Crippen molar-refractivity contribution in [2.75, 3.05) is 32.1 Å². The lowest BCUT2D eigenvalue weighted by atomic mass is 9.70. The smallest absolute Gasteiger partial charge is 0.0361 e. The summed E-state index contributed by atoms with van der Waals surface area (Å²) in [5.41, 5.74) is 3.00. The van der Waals surface area contributed by atoms with E-state index < -0.39 is 0 Å². The van der Waals surface area contributed by atoms with Crippen LogP contribution >= 0.6 is 0 Å². The Morgan fingerprint density at radius 2 is 1.83 bits per heavy atom. The average Bonchev–Trinajstić information content (AvgIpc) is 2.40. The molecule has 2 heteroatoms. The summed E-state index contributed by atoms with van der Waals surface area (Å²) in [6, 6.07) is 9.05. The molecule has 1 heterocycles. The fraction of sp³-hybridized carbons (Fsp3) is 0.625. The first kappa shape index (κ1) is 13.4. The molecule has 0 bridgehead atoms. The zero-order valence-corrected chi connectivity index (χ0v) is 12.2. The highest BCUT2D eigenvalue weighted by molar-refractivity contribution is 5.47. The Morgan fingerprint density at radius 3 is 2.33 bits per heavy atom. The second-order valence-corrected chi connectivity index (χ2v) is 6.21. The summed E-state index contributed by atoms with van der Waals surface area (Å²) in [5, 5.41) is 3.53. The summed E-state index contributed by atoms with van der Waals surface area (Å²) in [4.78, 5) is 2.15. The van der Waals surface area contributed by atoms with Gasteiger partial charge in [0.1, 0.15) is 0 Å². The van der Waals surface area contributed by atoms with E-state index in [2.05, 4.69) is 62.4 Å². The normalized spacial score (nSPS) is 20.8. The summed E-state index contributed by atoms with van der Waals surface area (Å²) in [6.45, 7) is 7.11. The van der Waals surface area contributed by atoms with Crippen molar-refractivity contribution in [2.24, 2.45) is 5.92 Å². The van der Waals surface area contributed by atoms with E-state index in [0.29, 0.717) is 0 Å². The van der Waals surface area contributed by atoms with Gasteiger partial charge in [0, 0.05) is 19.8 Å². The van der Waals surface area contributed by atoms with Crippen molar-refractivity contribution in [3.63, 3.8) is 0 Å². The molecule has 0 aromatic heterocycles. The lowest BCUT2D eigenvalue weighted by Crippen LogP contribution is -2.40. The Hall–Kier alpha value is -1.02. The Labute approximate surface area is 111 Å². The van der Waals surface area contributed by atoms with Gasteiger partial charge < -0.3 is 10.2 Å². The monoisotopic (exact) mass is 246 g/mol. The van der Waals surface area contributed by atoms with E-state index in [1.54, 1.807) is 0 Å². The SMILES string of the molecule is CN(C)c1ccc(C(C)(C)C2CCCNC2)cc1. The molecular weight excluding hydrogens is 220 g/mol. The number of hydrogen-bond donors (Lipinski definition) is 1. The van der Waals surface area contributed by atoms with Crippen LogP contribution in [0.2, 0.25) is 0 Å². The standard InChI is InChI=1S/C16H26N2/c1-16(2,14-6-5-11-17-12-14)13-7-9-15(10-8-13)18(3)4/h7-10,14,17H,5-6,11-12H2,1-4H3. The molecule has 1 atom stereocenters. The number of rotatable bonds is 3. The minimum Gasteiger partial charge on any atom is -0.378 e. The fourth-order valence-electron chi connectivity index (χ4n) is 2.89. The van der Waals surface area contributed by atoms with Gasteiger partial charge in [-0.1, -0.05) is 26.0 Å². The Bertz CT molecular complexity index is 373. The Balaban J connectivity index is 2.17. The van der Waals surface area contributed by atoms with Crippen molar-refractivity contribution in [2.45, 2.75) is 32.1 Å². The van der Waals surface area contributed by atoms with E-state index in [1.807, 2.05) is 0 Å². The molecule has 100 valence electrons. The van der Waals surface area contributed by atoms with Crippen LogP contribution in [0.3, 0.4) is 0 Å². The van der Waals surface area contributed by atoms with Crippen LogP contribution < -0.4 is 10.2 Å². The Morgan fingerprint density at radius 1 is 1.17 bits per heavy atom. The zero-order valence-electron chi connectivity index (χ0n) is 12.2. The van der Waals surface area contributed by atoms with Gasteiger partial charge in [0.05, 0.1) is 0 Å². The fourth-order valence-corrected chi connectivity index (χ4v) is 2.89. The van der Waals surface area contributed by atoms with E-state index in [4.69, 9.17) is 0 Å². The molecule has 1 fully saturated rings. The van der Waals surface area contributed by atoms with Crippen molar-refractivity contribution in [3.8, 4) is 0 Å². The highest BCUT2D eigenvalue weighted by Gasteiger charge is 2.31. The predicted molar refractivity (Wildman–Crippen MR) is 79.4 cm³/mol. The first-order chi connectivity index (χ1) is 8.51. The number of nitrogens with one attached hydrogen (secondary N) is 1. The van der Waals surface area contributed by atoms with Crippen LogP contribution in [0.1, 0.15) is 32.3 Å². The predicted octanol–water partition coefficient (Wildman–Crippen LogP) is 3.03. The van der Waals surface area contributed by atoms with E-state index in [0.717, 1.165) is 12.5 Å². The maximum absolute atomic E-state index is 3.53. The van der Waals surface area contributed by atoms with Crippen LogP contribution in [0, 0.1) is 5.92 Å². The molecule has 1 aliphatic heterocycles. The van der Waals surface area contributed by atoms with Crippen molar-refractivity contribution >= 4 is 5.69 Å². The summed E-state index contributed by atoms with van der Waals surface area (Å²) in [7, 11) is 4.18. The van der Waals surface area contributed by atoms with Crippen LogP contribution in [-0.2, 0) is 5.41 Å². The summed E-state index contributed by atoms with van der Waals surface area (Å²) in [5.74, 6) is 0.747. The third-order valence-electron chi connectivity index (χ3n) is 4.45. The Kier molecular flexibility index (Phi) is 3.96. The first-order valence-electron chi connectivity index (χ1n) is 7.00. The minimum atomic E-state index is 0.262. The van der Waals surface area contributed by atoms with Gasteiger partial charge in [0.15, 0.2) is 0 Å². The molecule has 1 aromatic rings. The van der Waals surface area contributed by atoms with Crippen molar-refractivity contribution in [3.05, 3.63) is 29.8 Å². The van der Waals surface area contributed by atoms with Crippen LogP contribution in [0.5, 0.6) is 0 Å². The van der Waals surface area contributed by atoms with Crippen molar-refractivity contribution in [1.82, 2.24) is 5.32 Å². The molecule has 1 aliphatic rings. The number of hydrogen-bond acceptors (Lipinski definition) is 2. The van der Waals surface area contributed by atoms with Crippen molar-refractivity contribution in [1.29, 1.82) is 0 Å². The molecule has 0 spiro atoms. The van der Waals surface area contributed by atoms with Gasteiger partial charge in [-0.25, -0.2) is 0 Å². The molecule has 0 aliphatic carbocycles. The third-order valence-corrected chi connectivity index (χ3v) is 4.45. The molecule has 1 N–H and O–H groups in total. The van der Waals surface area contributed by atoms with E-state index in [1.165, 1.54) is 30.6 Å². The maximum atomic E-state index is 3.53. The molecule has 1 aromatic carbocycles. The number of anilines is 1. The third kappa shape index (κ3) is 2.69. The quantitative estimate of drug-likeness (QED) is 0.882. The largest absolute Gasteiger partial charge is 0.378 e. The molecular formula is C16H26N2. The van der Waals surface area contributed by atoms with Crippen LogP contribution in [0.15, 0.2) is 24.3 Å². The van der Waals surface area contributed by atoms with Gasteiger partial charge in [-0.2, -0.15) is 0 Å². The molecule has 2 nitrogen and oxygen atoms in total. The highest BCUT2D eigenvalue weighted by atomic mass is 15.1. The van der Waals surface area contributed by atoms with E-state index in [9.17, 15) is 0 Å². The van der Waals surface area contributed by atoms with Gasteiger partial charge in [0.2, 0.25) is 0 Å². The average molecular weight is 246 g/mol. The molecule has 18 heavy (non-hydrogen) atoms. The summed E-state index contributed by atoms with van der Waals surface area (Å²) >= 11 is 0. The van der Waals surface area contributed by atoms with Crippen LogP contribution in [-0.4, -0.2) is 27.2 Å². The van der Waals surface area contributed by atoms with Gasteiger partial charge in [-0.15, -0.1) is 0 Å². The first-order valence-corrected chi connectivity index (χ1v) is 7.00. The lowest BCUT2D eigenvalue weighted by Gasteiger charge is -2.38. The van der Waals surface area contributed by atoms with Crippen molar-refractivity contribution < 1.29 is 0 Å².